The maximum Gasteiger partial charge on any atom is 0.254 e. The van der Waals surface area contributed by atoms with Gasteiger partial charge in [0.2, 0.25) is 0 Å². The van der Waals surface area contributed by atoms with Crippen LogP contribution in [-0.4, -0.2) is 51.2 Å². The number of carbonyl (C=O) groups is 1. The molecule has 132 valence electrons. The fourth-order valence-corrected chi connectivity index (χ4v) is 3.53. The molecule has 3 rings (SSSR count). The van der Waals surface area contributed by atoms with Crippen LogP contribution in [0, 0.1) is 0 Å². The number of halogens is 1. The van der Waals surface area contributed by atoms with Gasteiger partial charge < -0.3 is 19.3 Å². The van der Waals surface area contributed by atoms with E-state index in [0.29, 0.717) is 34.6 Å². The number of para-hydroxylation sites is 1. The zero-order valence-corrected chi connectivity index (χ0v) is 16.0. The molecule has 25 heavy (non-hydrogen) atoms. The fraction of sp³-hybridized carbons (Fsp3) is 0.316. The molecule has 0 radical (unpaired) electrons. The quantitative estimate of drug-likeness (QED) is 0.782. The van der Waals surface area contributed by atoms with E-state index >= 15 is 0 Å². The van der Waals surface area contributed by atoms with Crippen LogP contribution in [0.4, 0.5) is 5.69 Å². The van der Waals surface area contributed by atoms with Gasteiger partial charge in [0.1, 0.15) is 16.0 Å². The summed E-state index contributed by atoms with van der Waals surface area (Å²) in [5.41, 5.74) is 1.77. The zero-order valence-electron chi connectivity index (χ0n) is 14.4. The lowest BCUT2D eigenvalue weighted by molar-refractivity contribution is 0.0746. The van der Waals surface area contributed by atoms with Crippen molar-refractivity contribution >= 4 is 27.5 Å². The SMILES string of the molecule is COc1cc(C(=O)N2CCN(c3ccccc3)CC2)cc(OC)c1Br. The molecule has 1 fully saturated rings. The second-order valence-corrected chi connectivity index (χ2v) is 6.60. The normalized spacial score (nSPS) is 14.4. The Morgan fingerprint density at radius 2 is 1.52 bits per heavy atom. The molecule has 0 unspecified atom stereocenters. The van der Waals surface area contributed by atoms with Gasteiger partial charge in [0, 0.05) is 37.4 Å². The molecule has 0 aliphatic carbocycles. The summed E-state index contributed by atoms with van der Waals surface area (Å²) in [5.74, 6) is 1.17. The van der Waals surface area contributed by atoms with Crippen LogP contribution in [0.25, 0.3) is 0 Å². The molecular weight excluding hydrogens is 384 g/mol. The van der Waals surface area contributed by atoms with Crippen molar-refractivity contribution in [3.63, 3.8) is 0 Å². The van der Waals surface area contributed by atoms with Gasteiger partial charge in [0.25, 0.3) is 5.91 Å². The van der Waals surface area contributed by atoms with Crippen molar-refractivity contribution < 1.29 is 14.3 Å². The average molecular weight is 405 g/mol. The summed E-state index contributed by atoms with van der Waals surface area (Å²) in [6.45, 7) is 3.02. The number of methoxy groups -OCH3 is 2. The van der Waals surface area contributed by atoms with Gasteiger partial charge in [0.15, 0.2) is 0 Å². The molecule has 1 aliphatic heterocycles. The highest BCUT2D eigenvalue weighted by atomic mass is 79.9. The third kappa shape index (κ3) is 3.74. The Balaban J connectivity index is 1.72. The molecule has 0 atom stereocenters. The number of nitrogens with zero attached hydrogens (tertiary/aromatic N) is 2. The van der Waals surface area contributed by atoms with Gasteiger partial charge in [-0.3, -0.25) is 4.79 Å². The molecule has 0 N–H and O–H groups in total. The average Bonchev–Trinajstić information content (AvgIpc) is 2.68. The van der Waals surface area contributed by atoms with Crippen LogP contribution < -0.4 is 14.4 Å². The predicted molar refractivity (Wildman–Crippen MR) is 102 cm³/mol. The summed E-state index contributed by atoms with van der Waals surface area (Å²) >= 11 is 3.43. The van der Waals surface area contributed by atoms with E-state index < -0.39 is 0 Å². The van der Waals surface area contributed by atoms with Gasteiger partial charge in [-0.15, -0.1) is 0 Å². The van der Waals surface area contributed by atoms with E-state index in [2.05, 4.69) is 33.0 Å². The number of amides is 1. The molecule has 1 saturated heterocycles. The molecular formula is C19H21BrN2O3. The summed E-state index contributed by atoms with van der Waals surface area (Å²) < 4.78 is 11.4. The van der Waals surface area contributed by atoms with E-state index in [1.165, 1.54) is 5.69 Å². The minimum atomic E-state index is -0.00295. The lowest BCUT2D eigenvalue weighted by Gasteiger charge is -2.36. The second-order valence-electron chi connectivity index (χ2n) is 5.81. The molecule has 0 saturated carbocycles. The summed E-state index contributed by atoms with van der Waals surface area (Å²) in [6, 6.07) is 13.8. The van der Waals surface area contributed by atoms with Gasteiger partial charge >= 0.3 is 0 Å². The van der Waals surface area contributed by atoms with Gasteiger partial charge in [-0.2, -0.15) is 0 Å². The van der Waals surface area contributed by atoms with Crippen LogP contribution in [0.5, 0.6) is 11.5 Å². The third-order valence-electron chi connectivity index (χ3n) is 4.38. The van der Waals surface area contributed by atoms with Crippen molar-refractivity contribution in [1.29, 1.82) is 0 Å². The van der Waals surface area contributed by atoms with Crippen LogP contribution in [0.3, 0.4) is 0 Å². The summed E-state index contributed by atoms with van der Waals surface area (Å²) in [4.78, 5) is 17.0. The first-order chi connectivity index (χ1) is 12.1. The zero-order chi connectivity index (χ0) is 17.8. The highest BCUT2D eigenvalue weighted by Gasteiger charge is 2.24. The summed E-state index contributed by atoms with van der Waals surface area (Å²) in [6.07, 6.45) is 0. The first kappa shape index (κ1) is 17.6. The van der Waals surface area contributed by atoms with Crippen molar-refractivity contribution in [2.75, 3.05) is 45.3 Å². The number of hydrogen-bond donors (Lipinski definition) is 0. The maximum absolute atomic E-state index is 12.9. The number of anilines is 1. The lowest BCUT2D eigenvalue weighted by atomic mass is 10.1. The van der Waals surface area contributed by atoms with Crippen LogP contribution >= 0.6 is 15.9 Å². The molecule has 2 aromatic carbocycles. The van der Waals surface area contributed by atoms with Crippen molar-refractivity contribution in [3.8, 4) is 11.5 Å². The molecule has 2 aromatic rings. The maximum atomic E-state index is 12.9. The number of carbonyl (C=O) groups excluding carboxylic acids is 1. The number of hydrogen-bond acceptors (Lipinski definition) is 4. The van der Waals surface area contributed by atoms with Crippen LogP contribution in [-0.2, 0) is 0 Å². The Hall–Kier alpha value is -2.21. The van der Waals surface area contributed by atoms with E-state index in [-0.39, 0.29) is 5.91 Å². The van der Waals surface area contributed by atoms with Crippen molar-refractivity contribution in [2.45, 2.75) is 0 Å². The third-order valence-corrected chi connectivity index (χ3v) is 5.16. The van der Waals surface area contributed by atoms with E-state index in [9.17, 15) is 4.79 Å². The first-order valence-electron chi connectivity index (χ1n) is 8.15. The van der Waals surface area contributed by atoms with E-state index in [0.717, 1.165) is 13.1 Å². The standard InChI is InChI=1S/C19H21BrN2O3/c1-24-16-12-14(13-17(25-2)18(16)20)19(23)22-10-8-21(9-11-22)15-6-4-3-5-7-15/h3-7,12-13H,8-11H2,1-2H3. The molecule has 0 aromatic heterocycles. The molecule has 0 bridgehead atoms. The van der Waals surface area contributed by atoms with Crippen LogP contribution in [0.1, 0.15) is 10.4 Å². The number of piperazine rings is 1. The summed E-state index contributed by atoms with van der Waals surface area (Å²) in [5, 5.41) is 0. The fourth-order valence-electron chi connectivity index (χ4n) is 2.98. The Kier molecular flexibility index (Phi) is 5.48. The van der Waals surface area contributed by atoms with Gasteiger partial charge in [-0.1, -0.05) is 18.2 Å². The largest absolute Gasteiger partial charge is 0.495 e. The number of rotatable bonds is 4. The highest BCUT2D eigenvalue weighted by Crippen LogP contribution is 2.36. The van der Waals surface area contributed by atoms with Gasteiger partial charge in [0.05, 0.1) is 14.2 Å². The van der Waals surface area contributed by atoms with Crippen molar-refractivity contribution in [2.24, 2.45) is 0 Å². The topological polar surface area (TPSA) is 42.0 Å². The Morgan fingerprint density at radius 3 is 2.04 bits per heavy atom. The number of ether oxygens (including phenoxy) is 2. The Labute approximate surface area is 156 Å². The lowest BCUT2D eigenvalue weighted by Crippen LogP contribution is -2.48. The molecule has 0 spiro atoms. The molecule has 1 aliphatic rings. The van der Waals surface area contributed by atoms with E-state index in [1.807, 2.05) is 23.1 Å². The Bertz CT molecular complexity index is 719. The highest BCUT2D eigenvalue weighted by molar-refractivity contribution is 9.10. The van der Waals surface area contributed by atoms with Crippen molar-refractivity contribution in [3.05, 3.63) is 52.5 Å². The molecule has 6 heteroatoms. The monoisotopic (exact) mass is 404 g/mol. The second kappa shape index (κ2) is 7.78. The Morgan fingerprint density at radius 1 is 0.960 bits per heavy atom. The first-order valence-corrected chi connectivity index (χ1v) is 8.94. The van der Waals surface area contributed by atoms with Crippen molar-refractivity contribution in [1.82, 2.24) is 4.90 Å². The minimum absolute atomic E-state index is 0.00295. The van der Waals surface area contributed by atoms with E-state index in [4.69, 9.17) is 9.47 Å². The van der Waals surface area contributed by atoms with E-state index in [1.54, 1.807) is 26.4 Å². The molecule has 5 nitrogen and oxygen atoms in total. The number of benzene rings is 2. The van der Waals surface area contributed by atoms with Crippen LogP contribution in [0.15, 0.2) is 46.9 Å². The summed E-state index contributed by atoms with van der Waals surface area (Å²) in [7, 11) is 3.15. The van der Waals surface area contributed by atoms with Gasteiger partial charge in [-0.25, -0.2) is 0 Å². The molecule has 1 amide bonds. The smallest absolute Gasteiger partial charge is 0.254 e. The van der Waals surface area contributed by atoms with Crippen LogP contribution in [0.2, 0.25) is 0 Å². The minimum Gasteiger partial charge on any atom is -0.495 e. The predicted octanol–water partition coefficient (Wildman–Crippen LogP) is 3.43. The van der Waals surface area contributed by atoms with Gasteiger partial charge in [-0.05, 0) is 40.2 Å². The molecule has 1 heterocycles.